The summed E-state index contributed by atoms with van der Waals surface area (Å²) >= 11 is 6.78. The monoisotopic (exact) mass is 541 g/mol. The van der Waals surface area contributed by atoms with Crippen LogP contribution in [0.5, 0.6) is 17.2 Å². The third kappa shape index (κ3) is 5.71. The van der Waals surface area contributed by atoms with Gasteiger partial charge in [0.25, 0.3) is 16.8 Å². The lowest BCUT2D eigenvalue weighted by atomic mass is 10.1. The molecule has 1 aliphatic heterocycles. The number of carbonyl (C=O) groups is 2. The summed E-state index contributed by atoms with van der Waals surface area (Å²) in [6.07, 6.45) is 1.52. The molecular weight excluding hydrogens is 526 g/mol. The molecule has 0 N–H and O–H groups in total. The second-order valence-electron chi connectivity index (χ2n) is 7.58. The molecule has 3 aromatic rings. The first-order chi connectivity index (χ1) is 17.7. The van der Waals surface area contributed by atoms with Crippen LogP contribution in [-0.4, -0.2) is 33.0 Å². The summed E-state index contributed by atoms with van der Waals surface area (Å²) in [4.78, 5) is 47.5. The van der Waals surface area contributed by atoms with Crippen molar-refractivity contribution in [1.82, 2.24) is 4.90 Å². The van der Waals surface area contributed by atoms with Crippen LogP contribution in [0, 0.1) is 20.2 Å². The molecule has 188 valence electrons. The van der Waals surface area contributed by atoms with E-state index < -0.39 is 32.4 Å². The van der Waals surface area contributed by atoms with Crippen LogP contribution in [0.3, 0.4) is 0 Å². The van der Waals surface area contributed by atoms with Gasteiger partial charge in [-0.2, -0.15) is 0 Å². The van der Waals surface area contributed by atoms with Crippen molar-refractivity contribution in [3.63, 3.8) is 0 Å². The highest BCUT2D eigenvalue weighted by atomic mass is 35.5. The van der Waals surface area contributed by atoms with Gasteiger partial charge in [-0.15, -0.1) is 0 Å². The molecule has 0 radical (unpaired) electrons. The third-order valence-corrected chi connectivity index (χ3v) is 6.30. The molecule has 0 unspecified atom stereocenters. The zero-order chi connectivity index (χ0) is 26.7. The normalized spacial score (nSPS) is 14.2. The van der Waals surface area contributed by atoms with E-state index in [1.54, 1.807) is 30.3 Å². The van der Waals surface area contributed by atoms with Crippen molar-refractivity contribution in [2.75, 3.05) is 7.11 Å². The van der Waals surface area contributed by atoms with Gasteiger partial charge >= 0.3 is 5.69 Å². The van der Waals surface area contributed by atoms with Gasteiger partial charge in [0, 0.05) is 11.1 Å². The maximum atomic E-state index is 12.9. The van der Waals surface area contributed by atoms with Gasteiger partial charge < -0.3 is 9.47 Å². The number of methoxy groups -OCH3 is 1. The first kappa shape index (κ1) is 25.7. The molecule has 3 aromatic carbocycles. The Morgan fingerprint density at radius 2 is 1.73 bits per heavy atom. The zero-order valence-corrected chi connectivity index (χ0v) is 20.5. The van der Waals surface area contributed by atoms with Crippen LogP contribution >= 0.6 is 23.4 Å². The number of imide groups is 1. The Kier molecular flexibility index (Phi) is 7.41. The number of hydrogen-bond donors (Lipinski definition) is 0. The van der Waals surface area contributed by atoms with Crippen LogP contribution in [0.15, 0.2) is 65.6 Å². The van der Waals surface area contributed by atoms with E-state index in [1.165, 1.54) is 25.3 Å². The van der Waals surface area contributed by atoms with E-state index in [2.05, 4.69) is 0 Å². The number of amides is 2. The van der Waals surface area contributed by atoms with Crippen molar-refractivity contribution < 1.29 is 28.9 Å². The van der Waals surface area contributed by atoms with Crippen LogP contribution < -0.4 is 9.47 Å². The molecule has 4 rings (SSSR count). The van der Waals surface area contributed by atoms with Crippen molar-refractivity contribution in [1.29, 1.82) is 0 Å². The zero-order valence-electron chi connectivity index (χ0n) is 19.0. The summed E-state index contributed by atoms with van der Waals surface area (Å²) in [5, 5.41) is 22.4. The highest BCUT2D eigenvalue weighted by molar-refractivity contribution is 8.18. The fourth-order valence-corrected chi connectivity index (χ4v) is 4.48. The van der Waals surface area contributed by atoms with Gasteiger partial charge in [0.2, 0.25) is 5.75 Å². The van der Waals surface area contributed by atoms with Crippen LogP contribution in [0.25, 0.3) is 6.08 Å². The molecule has 13 heteroatoms. The molecule has 0 saturated carbocycles. The Bertz CT molecular complexity index is 1480. The molecule has 1 fully saturated rings. The molecule has 0 spiro atoms. The number of benzene rings is 3. The topological polar surface area (TPSA) is 142 Å². The van der Waals surface area contributed by atoms with E-state index >= 15 is 0 Å². The summed E-state index contributed by atoms with van der Waals surface area (Å²) in [5.41, 5.74) is 0.176. The number of non-ortho nitro benzene ring substituents is 1. The van der Waals surface area contributed by atoms with E-state index in [-0.39, 0.29) is 28.7 Å². The molecular formula is C24H16ClN3O8S. The molecule has 0 atom stereocenters. The predicted octanol–water partition coefficient (Wildman–Crippen LogP) is 6.19. The van der Waals surface area contributed by atoms with Crippen molar-refractivity contribution in [3.8, 4) is 17.2 Å². The third-order valence-electron chi connectivity index (χ3n) is 5.16. The number of hydrogen-bond acceptors (Lipinski definition) is 9. The van der Waals surface area contributed by atoms with Gasteiger partial charge in [0.1, 0.15) is 0 Å². The minimum absolute atomic E-state index is 0.0761. The molecule has 11 nitrogen and oxygen atoms in total. The van der Waals surface area contributed by atoms with Crippen LogP contribution in [0.4, 0.5) is 16.2 Å². The fraction of sp³-hybridized carbons (Fsp3) is 0.0833. The fourth-order valence-electron chi connectivity index (χ4n) is 3.43. The second-order valence-corrected chi connectivity index (χ2v) is 9.01. The average molecular weight is 542 g/mol. The SMILES string of the molecule is COc1cc(/C=C2\SC(=O)N(Cc3cccc(Cl)c3)C2=O)ccc1Oc1ccc([N+](=O)[O-])cc1[N+](=O)[O-]. The van der Waals surface area contributed by atoms with E-state index in [1.807, 2.05) is 0 Å². The van der Waals surface area contributed by atoms with Gasteiger partial charge in [-0.1, -0.05) is 29.8 Å². The first-order valence-electron chi connectivity index (χ1n) is 10.4. The number of carbonyl (C=O) groups excluding carboxylic acids is 2. The Morgan fingerprint density at radius 1 is 0.973 bits per heavy atom. The largest absolute Gasteiger partial charge is 0.493 e. The lowest BCUT2D eigenvalue weighted by molar-refractivity contribution is -0.394. The minimum Gasteiger partial charge on any atom is -0.493 e. The predicted molar refractivity (Wildman–Crippen MR) is 136 cm³/mol. The maximum absolute atomic E-state index is 12.9. The second kappa shape index (κ2) is 10.7. The number of nitro benzene ring substituents is 2. The number of halogens is 1. The summed E-state index contributed by atoms with van der Waals surface area (Å²) in [6, 6.07) is 14.4. The van der Waals surface area contributed by atoms with E-state index in [0.717, 1.165) is 34.9 Å². The molecule has 0 aliphatic carbocycles. The smallest absolute Gasteiger partial charge is 0.318 e. The van der Waals surface area contributed by atoms with Gasteiger partial charge in [-0.25, -0.2) is 0 Å². The van der Waals surface area contributed by atoms with Gasteiger partial charge in [-0.05, 0) is 59.3 Å². The van der Waals surface area contributed by atoms with Crippen LogP contribution in [0.2, 0.25) is 5.02 Å². The molecule has 0 bridgehead atoms. The van der Waals surface area contributed by atoms with Crippen molar-refractivity contribution in [2.24, 2.45) is 0 Å². The molecule has 37 heavy (non-hydrogen) atoms. The number of thioether (sulfide) groups is 1. The number of nitrogens with zero attached hydrogens (tertiary/aromatic N) is 3. The Hall–Kier alpha value is -4.42. The Balaban J connectivity index is 1.57. The van der Waals surface area contributed by atoms with Crippen LogP contribution in [0.1, 0.15) is 11.1 Å². The van der Waals surface area contributed by atoms with Gasteiger partial charge in [0.05, 0.1) is 34.5 Å². The van der Waals surface area contributed by atoms with Crippen molar-refractivity contribution >= 4 is 52.0 Å². The summed E-state index contributed by atoms with van der Waals surface area (Å²) in [7, 11) is 1.36. The molecule has 1 saturated heterocycles. The maximum Gasteiger partial charge on any atom is 0.318 e. The molecule has 1 aliphatic rings. The molecule has 0 aromatic heterocycles. The number of nitro groups is 2. The highest BCUT2D eigenvalue weighted by Crippen LogP contribution is 2.39. The summed E-state index contributed by atoms with van der Waals surface area (Å²) < 4.78 is 11.0. The van der Waals surface area contributed by atoms with Crippen LogP contribution in [-0.2, 0) is 11.3 Å². The van der Waals surface area contributed by atoms with Crippen molar-refractivity contribution in [2.45, 2.75) is 6.54 Å². The lowest BCUT2D eigenvalue weighted by Crippen LogP contribution is -2.27. The standard InChI is InChI=1S/C24H16ClN3O8S/c1-35-21-10-14(5-7-20(21)36-19-8-6-17(27(31)32)12-18(19)28(33)34)11-22-23(29)26(24(30)37-22)13-15-3-2-4-16(25)9-15/h2-12H,13H2,1H3/b22-11-. The molecule has 1 heterocycles. The van der Waals surface area contributed by atoms with Gasteiger partial charge in [0.15, 0.2) is 11.5 Å². The Labute approximate surface area is 218 Å². The number of rotatable bonds is 8. The van der Waals surface area contributed by atoms with Gasteiger partial charge in [-0.3, -0.25) is 34.7 Å². The van der Waals surface area contributed by atoms with E-state index in [9.17, 15) is 29.8 Å². The highest BCUT2D eigenvalue weighted by Gasteiger charge is 2.35. The number of ether oxygens (including phenoxy) is 2. The summed E-state index contributed by atoms with van der Waals surface area (Å²) in [5.74, 6) is -0.398. The summed E-state index contributed by atoms with van der Waals surface area (Å²) in [6.45, 7) is 0.0761. The Morgan fingerprint density at radius 3 is 2.41 bits per heavy atom. The van der Waals surface area contributed by atoms with E-state index in [0.29, 0.717) is 16.1 Å². The average Bonchev–Trinajstić information content (AvgIpc) is 3.12. The quantitative estimate of drug-likeness (QED) is 0.185. The minimum atomic E-state index is -0.789. The first-order valence-corrected chi connectivity index (χ1v) is 11.6. The van der Waals surface area contributed by atoms with Crippen molar-refractivity contribution in [3.05, 3.63) is 102 Å². The lowest BCUT2D eigenvalue weighted by Gasteiger charge is -2.12. The molecule has 2 amide bonds. The van der Waals surface area contributed by atoms with E-state index in [4.69, 9.17) is 21.1 Å².